The van der Waals surface area contributed by atoms with E-state index in [1.54, 1.807) is 24.3 Å². The van der Waals surface area contributed by atoms with Gasteiger partial charge < -0.3 is 5.32 Å². The number of anilines is 3. The van der Waals surface area contributed by atoms with Gasteiger partial charge in [-0.25, -0.2) is 16.8 Å². The minimum Gasteiger partial charge on any atom is -0.322 e. The van der Waals surface area contributed by atoms with Crippen molar-refractivity contribution in [2.75, 3.05) is 14.8 Å². The van der Waals surface area contributed by atoms with Crippen molar-refractivity contribution in [1.82, 2.24) is 0 Å². The lowest BCUT2D eigenvalue weighted by Gasteiger charge is -2.11. The van der Waals surface area contributed by atoms with Gasteiger partial charge in [-0.05, 0) is 92.2 Å². The number of hydrogen-bond donors (Lipinski definition) is 3. The van der Waals surface area contributed by atoms with Crippen molar-refractivity contribution >= 4 is 54.6 Å². The number of amides is 1. The van der Waals surface area contributed by atoms with Crippen molar-refractivity contribution < 1.29 is 21.6 Å². The maximum atomic E-state index is 12.7. The summed E-state index contributed by atoms with van der Waals surface area (Å²) in [4.78, 5) is 12.8. The molecule has 0 atom stereocenters. The van der Waals surface area contributed by atoms with Crippen LogP contribution in [0, 0.1) is 13.8 Å². The first-order valence-electron chi connectivity index (χ1n) is 11.3. The van der Waals surface area contributed by atoms with Crippen molar-refractivity contribution in [3.8, 4) is 0 Å². The Morgan fingerprint density at radius 1 is 0.632 bits per heavy atom. The largest absolute Gasteiger partial charge is 0.322 e. The molecule has 4 aromatic rings. The summed E-state index contributed by atoms with van der Waals surface area (Å²) in [5, 5.41) is 3.13. The molecule has 0 aromatic heterocycles. The topological polar surface area (TPSA) is 121 Å². The van der Waals surface area contributed by atoms with Crippen LogP contribution in [-0.2, 0) is 20.0 Å². The summed E-state index contributed by atoms with van der Waals surface area (Å²) in [5.41, 5.74) is 3.09. The van der Waals surface area contributed by atoms with E-state index < -0.39 is 26.0 Å². The van der Waals surface area contributed by atoms with Crippen molar-refractivity contribution in [2.24, 2.45) is 0 Å². The molecule has 0 heterocycles. The van der Waals surface area contributed by atoms with E-state index in [1.807, 2.05) is 13.8 Å². The van der Waals surface area contributed by atoms with E-state index in [9.17, 15) is 21.6 Å². The highest BCUT2D eigenvalue weighted by Crippen LogP contribution is 2.24. The van der Waals surface area contributed by atoms with Gasteiger partial charge in [-0.2, -0.15) is 0 Å². The molecule has 196 valence electrons. The van der Waals surface area contributed by atoms with Gasteiger partial charge in [0.2, 0.25) is 0 Å². The molecule has 3 N–H and O–H groups in total. The zero-order valence-corrected chi connectivity index (χ0v) is 22.8. The van der Waals surface area contributed by atoms with Crippen LogP contribution >= 0.6 is 11.6 Å². The summed E-state index contributed by atoms with van der Waals surface area (Å²) in [6.07, 6.45) is 0. The highest BCUT2D eigenvalue weighted by atomic mass is 35.5. The van der Waals surface area contributed by atoms with Crippen molar-refractivity contribution in [2.45, 2.75) is 23.6 Å². The lowest BCUT2D eigenvalue weighted by Crippen LogP contribution is -2.15. The third-order valence-electron chi connectivity index (χ3n) is 5.58. The molecule has 0 aliphatic rings. The van der Waals surface area contributed by atoms with E-state index in [0.717, 1.165) is 11.1 Å². The Balaban J connectivity index is 1.40. The predicted molar refractivity (Wildman–Crippen MR) is 150 cm³/mol. The van der Waals surface area contributed by atoms with Crippen LogP contribution < -0.4 is 14.8 Å². The second kappa shape index (κ2) is 10.9. The average molecular weight is 570 g/mol. The Morgan fingerprint density at radius 3 is 1.66 bits per heavy atom. The summed E-state index contributed by atoms with van der Waals surface area (Å²) in [5.74, 6) is -0.444. The van der Waals surface area contributed by atoms with Gasteiger partial charge >= 0.3 is 0 Å². The van der Waals surface area contributed by atoms with E-state index in [1.165, 1.54) is 66.7 Å². The fraction of sp³-hybridized carbons (Fsp3) is 0.0741. The van der Waals surface area contributed by atoms with Crippen molar-refractivity contribution in [3.63, 3.8) is 0 Å². The van der Waals surface area contributed by atoms with Gasteiger partial charge in [0.25, 0.3) is 26.0 Å². The third kappa shape index (κ3) is 6.52. The number of hydrogen-bond acceptors (Lipinski definition) is 5. The fourth-order valence-corrected chi connectivity index (χ4v) is 5.70. The van der Waals surface area contributed by atoms with Crippen molar-refractivity contribution in [1.29, 1.82) is 0 Å². The molecule has 11 heteroatoms. The van der Waals surface area contributed by atoms with Gasteiger partial charge in [-0.15, -0.1) is 0 Å². The Labute approximate surface area is 226 Å². The van der Waals surface area contributed by atoms with Crippen LogP contribution in [0.1, 0.15) is 21.5 Å². The summed E-state index contributed by atoms with van der Waals surface area (Å²) < 4.78 is 55.5. The molecule has 0 fully saturated rings. The first-order chi connectivity index (χ1) is 17.9. The van der Waals surface area contributed by atoms with Crippen LogP contribution in [0.15, 0.2) is 101 Å². The van der Waals surface area contributed by atoms with E-state index in [4.69, 9.17) is 11.6 Å². The van der Waals surface area contributed by atoms with E-state index in [0.29, 0.717) is 22.1 Å². The van der Waals surface area contributed by atoms with Gasteiger partial charge in [-0.1, -0.05) is 35.4 Å². The van der Waals surface area contributed by atoms with E-state index in [-0.39, 0.29) is 15.4 Å². The molecule has 0 aliphatic heterocycles. The van der Waals surface area contributed by atoms with Crippen molar-refractivity contribution in [3.05, 3.63) is 113 Å². The number of rotatable bonds is 8. The molecule has 0 unspecified atom stereocenters. The van der Waals surface area contributed by atoms with E-state index in [2.05, 4.69) is 14.8 Å². The highest BCUT2D eigenvalue weighted by Gasteiger charge is 2.16. The van der Waals surface area contributed by atoms with Crippen LogP contribution in [0.4, 0.5) is 17.1 Å². The average Bonchev–Trinajstić information content (AvgIpc) is 2.87. The maximum Gasteiger partial charge on any atom is 0.261 e. The Hall–Kier alpha value is -3.86. The summed E-state index contributed by atoms with van der Waals surface area (Å²) in [6, 6.07) is 22.9. The number of aryl methyl sites for hydroxylation is 2. The highest BCUT2D eigenvalue weighted by molar-refractivity contribution is 7.93. The molecular weight excluding hydrogens is 546 g/mol. The molecule has 0 saturated heterocycles. The summed E-state index contributed by atoms with van der Waals surface area (Å²) in [6.45, 7) is 3.68. The minimum absolute atomic E-state index is 0.0115. The zero-order valence-electron chi connectivity index (χ0n) is 20.4. The van der Waals surface area contributed by atoms with Gasteiger partial charge in [0.15, 0.2) is 0 Å². The van der Waals surface area contributed by atoms with E-state index >= 15 is 0 Å². The minimum atomic E-state index is -3.86. The zero-order chi connectivity index (χ0) is 27.5. The van der Waals surface area contributed by atoms with Gasteiger partial charge in [-0.3, -0.25) is 14.2 Å². The first-order valence-corrected chi connectivity index (χ1v) is 14.7. The lowest BCUT2D eigenvalue weighted by atomic mass is 10.2. The standard InChI is InChI=1S/C27H24ClN3O5S2/c1-18-3-13-24(14-4-18)37(33,34)30-22-9-6-20(7-10-22)27(32)29-21-11-15-25(16-12-21)38(35,36)31-23-8-5-19(2)26(28)17-23/h3-17,30-31H,1-2H3,(H,29,32). The smallest absolute Gasteiger partial charge is 0.261 e. The number of sulfonamides is 2. The quantitative estimate of drug-likeness (QED) is 0.247. The molecule has 8 nitrogen and oxygen atoms in total. The number of carbonyl (C=O) groups excluding carboxylic acids is 1. The second-order valence-corrected chi connectivity index (χ2v) is 12.3. The Morgan fingerprint density at radius 2 is 1.11 bits per heavy atom. The molecule has 0 aliphatic carbocycles. The molecule has 1 amide bonds. The van der Waals surface area contributed by atoms with Crippen LogP contribution in [0.25, 0.3) is 0 Å². The third-order valence-corrected chi connectivity index (χ3v) is 8.78. The number of nitrogens with one attached hydrogen (secondary N) is 3. The number of carbonyl (C=O) groups is 1. The van der Waals surface area contributed by atoms with Crippen LogP contribution in [0.5, 0.6) is 0 Å². The molecule has 38 heavy (non-hydrogen) atoms. The molecule has 0 radical (unpaired) electrons. The SMILES string of the molecule is Cc1ccc(S(=O)(=O)Nc2ccc(C(=O)Nc3ccc(S(=O)(=O)Nc4ccc(C)c(Cl)c4)cc3)cc2)cc1. The number of benzene rings is 4. The molecular formula is C27H24ClN3O5S2. The van der Waals surface area contributed by atoms with Crippen LogP contribution in [-0.4, -0.2) is 22.7 Å². The van der Waals surface area contributed by atoms with Gasteiger partial charge in [0, 0.05) is 22.0 Å². The maximum absolute atomic E-state index is 12.7. The molecule has 4 rings (SSSR count). The summed E-state index contributed by atoms with van der Waals surface area (Å²) >= 11 is 6.07. The molecule has 0 saturated carbocycles. The van der Waals surface area contributed by atoms with Gasteiger partial charge in [0.1, 0.15) is 0 Å². The summed E-state index contributed by atoms with van der Waals surface area (Å²) in [7, 11) is -7.62. The monoisotopic (exact) mass is 569 g/mol. The first kappa shape index (κ1) is 27.2. The Bertz CT molecular complexity index is 1690. The molecule has 0 spiro atoms. The predicted octanol–water partition coefficient (Wildman–Crippen LogP) is 5.81. The normalized spacial score (nSPS) is 11.6. The molecule has 4 aromatic carbocycles. The van der Waals surface area contributed by atoms with Gasteiger partial charge in [0.05, 0.1) is 15.5 Å². The lowest BCUT2D eigenvalue weighted by molar-refractivity contribution is 0.102. The second-order valence-electron chi connectivity index (χ2n) is 8.54. The Kier molecular flexibility index (Phi) is 7.77. The van der Waals surface area contributed by atoms with Crippen LogP contribution in [0.2, 0.25) is 5.02 Å². The molecule has 0 bridgehead atoms. The number of halogens is 1. The fourth-order valence-electron chi connectivity index (χ4n) is 3.41. The van der Waals surface area contributed by atoms with Crippen LogP contribution in [0.3, 0.4) is 0 Å².